The van der Waals surface area contributed by atoms with E-state index in [1.807, 2.05) is 6.07 Å². The molecular weight excluding hydrogens is 524 g/mol. The number of hydrogen-bond donors (Lipinski definition) is 1. The Balaban J connectivity index is 1.46. The molecule has 0 aromatic heterocycles. The number of esters is 1. The van der Waals surface area contributed by atoms with Gasteiger partial charge >= 0.3 is 5.97 Å². The van der Waals surface area contributed by atoms with Crippen molar-refractivity contribution in [1.29, 1.82) is 0 Å². The van der Waals surface area contributed by atoms with E-state index < -0.39 is 21.9 Å². The molecule has 3 aromatic carbocycles. The molecule has 1 saturated heterocycles. The maximum Gasteiger partial charge on any atom is 0.343 e. The molecule has 3 aromatic rings. The first-order valence-electron chi connectivity index (χ1n) is 10.4. The number of benzene rings is 3. The van der Waals surface area contributed by atoms with Crippen LogP contribution in [0.1, 0.15) is 20.7 Å². The Hall–Kier alpha value is -3.05. The Kier molecular flexibility index (Phi) is 7.42. The van der Waals surface area contributed by atoms with E-state index in [1.54, 1.807) is 36.4 Å². The largest absolute Gasteiger partial charge is 0.423 e. The normalized spacial score (nSPS) is 14.4. The van der Waals surface area contributed by atoms with Gasteiger partial charge in [0.1, 0.15) is 5.75 Å². The molecule has 1 heterocycles. The maximum atomic E-state index is 13.0. The lowest BCUT2D eigenvalue weighted by Crippen LogP contribution is -2.40. The first-order chi connectivity index (χ1) is 16.3. The van der Waals surface area contributed by atoms with Crippen molar-refractivity contribution in [3.63, 3.8) is 0 Å². The number of amides is 1. The quantitative estimate of drug-likeness (QED) is 0.372. The van der Waals surface area contributed by atoms with Crippen molar-refractivity contribution in [1.82, 2.24) is 4.31 Å². The van der Waals surface area contributed by atoms with Gasteiger partial charge in [0.15, 0.2) is 0 Å². The number of anilines is 1. The van der Waals surface area contributed by atoms with Crippen molar-refractivity contribution in [3.8, 4) is 5.75 Å². The van der Waals surface area contributed by atoms with Crippen LogP contribution in [0, 0.1) is 0 Å². The van der Waals surface area contributed by atoms with Crippen molar-refractivity contribution in [2.24, 2.45) is 0 Å². The highest BCUT2D eigenvalue weighted by Crippen LogP contribution is 2.27. The van der Waals surface area contributed by atoms with Gasteiger partial charge in [0.25, 0.3) is 5.91 Å². The number of para-hydroxylation sites is 1. The second kappa shape index (κ2) is 10.5. The Bertz CT molecular complexity index is 1290. The Labute approximate surface area is 205 Å². The number of ether oxygens (including phenoxy) is 2. The van der Waals surface area contributed by atoms with E-state index in [4.69, 9.17) is 9.47 Å². The summed E-state index contributed by atoms with van der Waals surface area (Å²) >= 11 is 3.28. The summed E-state index contributed by atoms with van der Waals surface area (Å²) in [4.78, 5) is 25.1. The molecule has 1 aliphatic heterocycles. The number of nitrogens with one attached hydrogen (secondary N) is 1. The molecule has 8 nitrogen and oxygen atoms in total. The highest BCUT2D eigenvalue weighted by Gasteiger charge is 2.29. The van der Waals surface area contributed by atoms with Crippen LogP contribution in [0.3, 0.4) is 0 Å². The topological polar surface area (TPSA) is 102 Å². The maximum absolute atomic E-state index is 13.0. The van der Waals surface area contributed by atoms with Crippen LogP contribution in [0.2, 0.25) is 0 Å². The number of nitrogens with zero attached hydrogens (tertiary/aromatic N) is 1. The zero-order chi connectivity index (χ0) is 24.1. The van der Waals surface area contributed by atoms with E-state index in [9.17, 15) is 18.0 Å². The molecule has 0 radical (unpaired) electrons. The first-order valence-corrected chi connectivity index (χ1v) is 12.6. The van der Waals surface area contributed by atoms with Crippen LogP contribution in [0.5, 0.6) is 5.75 Å². The molecule has 176 valence electrons. The van der Waals surface area contributed by atoms with Gasteiger partial charge in [0.05, 0.1) is 23.7 Å². The number of halogens is 1. The minimum absolute atomic E-state index is 0.0149. The lowest BCUT2D eigenvalue weighted by Gasteiger charge is -2.26. The summed E-state index contributed by atoms with van der Waals surface area (Å²) in [5.74, 6) is -0.566. The minimum atomic E-state index is -3.79. The summed E-state index contributed by atoms with van der Waals surface area (Å²) < 4.78 is 38.3. The second-order valence-corrected chi connectivity index (χ2v) is 10.2. The zero-order valence-corrected chi connectivity index (χ0v) is 20.3. The summed E-state index contributed by atoms with van der Waals surface area (Å²) in [7, 11) is -3.79. The summed E-state index contributed by atoms with van der Waals surface area (Å²) in [5, 5.41) is 2.72. The SMILES string of the molecule is O=C(Nc1ccc(C(=O)Oc2ccccc2)cc1)c1ccc(Br)c(S(=O)(=O)N2CCOCC2)c1. The number of hydrogen-bond acceptors (Lipinski definition) is 6. The Morgan fingerprint density at radius 1 is 0.912 bits per heavy atom. The third kappa shape index (κ3) is 5.53. The van der Waals surface area contributed by atoms with Gasteiger partial charge in [0, 0.05) is 28.8 Å². The van der Waals surface area contributed by atoms with E-state index >= 15 is 0 Å². The van der Waals surface area contributed by atoms with Gasteiger partial charge in [-0.15, -0.1) is 0 Å². The number of rotatable bonds is 6. The van der Waals surface area contributed by atoms with Crippen LogP contribution in [0.25, 0.3) is 0 Å². The van der Waals surface area contributed by atoms with Gasteiger partial charge in [-0.2, -0.15) is 4.31 Å². The van der Waals surface area contributed by atoms with Crippen LogP contribution in [-0.2, 0) is 14.8 Å². The van der Waals surface area contributed by atoms with Gasteiger partial charge < -0.3 is 14.8 Å². The molecule has 1 aliphatic rings. The lowest BCUT2D eigenvalue weighted by atomic mass is 10.2. The van der Waals surface area contributed by atoms with Crippen molar-refractivity contribution in [2.75, 3.05) is 31.6 Å². The molecule has 10 heteroatoms. The van der Waals surface area contributed by atoms with E-state index in [0.717, 1.165) is 0 Å². The predicted molar refractivity (Wildman–Crippen MR) is 130 cm³/mol. The molecule has 0 saturated carbocycles. The Morgan fingerprint density at radius 2 is 1.56 bits per heavy atom. The molecule has 1 N–H and O–H groups in total. The van der Waals surface area contributed by atoms with Crippen LogP contribution in [-0.4, -0.2) is 50.9 Å². The summed E-state index contributed by atoms with van der Waals surface area (Å²) in [6.45, 7) is 1.16. The fourth-order valence-corrected chi connectivity index (χ4v) is 5.67. The molecule has 0 spiro atoms. The first kappa shape index (κ1) is 24.1. The average molecular weight is 545 g/mol. The second-order valence-electron chi connectivity index (χ2n) is 7.40. The van der Waals surface area contributed by atoms with Crippen LogP contribution < -0.4 is 10.1 Å². The van der Waals surface area contributed by atoms with Crippen LogP contribution in [0.4, 0.5) is 5.69 Å². The molecule has 4 rings (SSSR count). The van der Waals surface area contributed by atoms with Gasteiger partial charge in [-0.25, -0.2) is 13.2 Å². The standard InChI is InChI=1S/C24H21BrN2O6S/c25-21-11-8-18(16-22(21)34(30,31)27-12-14-32-15-13-27)23(28)26-19-9-6-17(7-10-19)24(29)33-20-4-2-1-3-5-20/h1-11,16H,12-15H2,(H,26,28). The molecule has 0 atom stereocenters. The molecular formula is C24H21BrN2O6S. The van der Waals surface area contributed by atoms with Crippen LogP contribution >= 0.6 is 15.9 Å². The molecule has 0 unspecified atom stereocenters. The monoisotopic (exact) mass is 544 g/mol. The highest BCUT2D eigenvalue weighted by atomic mass is 79.9. The van der Waals surface area contributed by atoms with Crippen molar-refractivity contribution < 1.29 is 27.5 Å². The molecule has 1 fully saturated rings. The van der Waals surface area contributed by atoms with Gasteiger partial charge in [-0.05, 0) is 70.5 Å². The summed E-state index contributed by atoms with van der Waals surface area (Å²) in [6, 6.07) is 19.3. The average Bonchev–Trinajstić information content (AvgIpc) is 2.85. The van der Waals surface area contributed by atoms with Crippen molar-refractivity contribution in [3.05, 3.63) is 88.4 Å². The fourth-order valence-electron chi connectivity index (χ4n) is 3.32. The van der Waals surface area contributed by atoms with Gasteiger partial charge in [0.2, 0.25) is 10.0 Å². The predicted octanol–water partition coefficient (Wildman–Crippen LogP) is 3.94. The molecule has 1 amide bonds. The fraction of sp³-hybridized carbons (Fsp3) is 0.167. The number of carbonyl (C=O) groups excluding carboxylic acids is 2. The highest BCUT2D eigenvalue weighted by molar-refractivity contribution is 9.10. The minimum Gasteiger partial charge on any atom is -0.423 e. The number of morpholine rings is 1. The summed E-state index contributed by atoms with van der Waals surface area (Å²) in [5.41, 5.74) is 0.953. The van der Waals surface area contributed by atoms with E-state index in [-0.39, 0.29) is 23.5 Å². The van der Waals surface area contributed by atoms with Gasteiger partial charge in [-0.1, -0.05) is 18.2 Å². The van der Waals surface area contributed by atoms with Gasteiger partial charge in [-0.3, -0.25) is 4.79 Å². The van der Waals surface area contributed by atoms with Crippen LogP contribution in [0.15, 0.2) is 82.2 Å². The van der Waals surface area contributed by atoms with Crippen molar-refractivity contribution >= 4 is 43.5 Å². The lowest BCUT2D eigenvalue weighted by molar-refractivity contribution is 0.0730. The smallest absolute Gasteiger partial charge is 0.343 e. The van der Waals surface area contributed by atoms with E-state index in [0.29, 0.717) is 34.7 Å². The molecule has 34 heavy (non-hydrogen) atoms. The molecule has 0 aliphatic carbocycles. The van der Waals surface area contributed by atoms with E-state index in [1.165, 1.54) is 34.6 Å². The third-order valence-corrected chi connectivity index (χ3v) is 8.01. The summed E-state index contributed by atoms with van der Waals surface area (Å²) in [6.07, 6.45) is 0. The van der Waals surface area contributed by atoms with Crippen molar-refractivity contribution in [2.45, 2.75) is 4.90 Å². The number of sulfonamides is 1. The zero-order valence-electron chi connectivity index (χ0n) is 17.9. The van der Waals surface area contributed by atoms with E-state index in [2.05, 4.69) is 21.2 Å². The Morgan fingerprint density at radius 3 is 2.24 bits per heavy atom. The third-order valence-electron chi connectivity index (χ3n) is 5.11. The number of carbonyl (C=O) groups is 2. The molecule has 0 bridgehead atoms.